The third kappa shape index (κ3) is 4.55. The summed E-state index contributed by atoms with van der Waals surface area (Å²) < 4.78 is 5.55. The zero-order valence-electron chi connectivity index (χ0n) is 15.0. The molecular weight excluding hydrogens is 340 g/mol. The minimum absolute atomic E-state index is 0.0823. The molecule has 3 heterocycles. The number of hydrogen-bond donors (Lipinski definition) is 3. The number of carbonyl (C=O) groups is 2. The molecule has 146 valence electrons. The third-order valence-electron chi connectivity index (χ3n) is 5.43. The van der Waals surface area contributed by atoms with Crippen molar-refractivity contribution in [2.45, 2.75) is 25.0 Å². The van der Waals surface area contributed by atoms with Crippen LogP contribution in [0.2, 0.25) is 0 Å². The highest BCUT2D eigenvalue weighted by Crippen LogP contribution is 2.23. The van der Waals surface area contributed by atoms with Gasteiger partial charge >= 0.3 is 12.1 Å². The molecule has 10 heteroatoms. The van der Waals surface area contributed by atoms with E-state index in [1.807, 2.05) is 14.7 Å². The van der Waals surface area contributed by atoms with E-state index in [1.165, 1.54) is 0 Å². The predicted molar refractivity (Wildman–Crippen MR) is 94.0 cm³/mol. The number of cyclic esters (lactones) is 1. The summed E-state index contributed by atoms with van der Waals surface area (Å²) in [5, 5.41) is 16.3. The lowest BCUT2D eigenvalue weighted by molar-refractivity contribution is -0.138. The van der Waals surface area contributed by atoms with Crippen LogP contribution in [0.15, 0.2) is 0 Å². The predicted octanol–water partition coefficient (Wildman–Crippen LogP) is -1.13. The van der Waals surface area contributed by atoms with Gasteiger partial charge < -0.3 is 25.4 Å². The first-order valence-corrected chi connectivity index (χ1v) is 9.15. The summed E-state index contributed by atoms with van der Waals surface area (Å²) >= 11 is 0. The smallest absolute Gasteiger partial charge is 0.410 e. The van der Waals surface area contributed by atoms with Gasteiger partial charge in [0.25, 0.3) is 0 Å². The number of aliphatic carboxylic acids is 1. The molecule has 10 nitrogen and oxygen atoms in total. The number of carboxylic acids is 1. The molecule has 0 aliphatic carbocycles. The van der Waals surface area contributed by atoms with E-state index < -0.39 is 5.97 Å². The topological polar surface area (TPSA) is 126 Å². The number of guanidine groups is 1. The normalized spacial score (nSPS) is 26.2. The standard InChI is InChI=1S/C16H28N6O4/c17-15(18)21-3-1-12(2-4-21)22-10-13(26-16(22)25)9-19-5-7-20(8-6-19)11-14(23)24/h12-13H,1-11H2,(H3,17,18)(H,23,24). The third-order valence-corrected chi connectivity index (χ3v) is 5.43. The average molecular weight is 368 g/mol. The molecule has 3 rings (SSSR count). The van der Waals surface area contributed by atoms with Crippen molar-refractivity contribution in [3.05, 3.63) is 0 Å². The quantitative estimate of drug-likeness (QED) is 0.411. The average Bonchev–Trinajstić information content (AvgIpc) is 2.96. The molecule has 0 aromatic rings. The number of ether oxygens (including phenoxy) is 1. The Kier molecular flexibility index (Phi) is 5.82. The van der Waals surface area contributed by atoms with Gasteiger partial charge in [-0.1, -0.05) is 0 Å². The van der Waals surface area contributed by atoms with Crippen LogP contribution in [0.5, 0.6) is 0 Å². The molecule has 0 aromatic heterocycles. The van der Waals surface area contributed by atoms with E-state index in [0.717, 1.165) is 39.0 Å². The van der Waals surface area contributed by atoms with E-state index in [1.54, 1.807) is 0 Å². The SMILES string of the molecule is N=C(N)N1CCC(N2CC(CN3CCN(CC(=O)O)CC3)OC2=O)CC1. The van der Waals surface area contributed by atoms with Crippen molar-refractivity contribution in [2.24, 2.45) is 5.73 Å². The molecule has 3 saturated heterocycles. The molecule has 3 aliphatic rings. The summed E-state index contributed by atoms with van der Waals surface area (Å²) in [4.78, 5) is 30.8. The van der Waals surface area contributed by atoms with Crippen LogP contribution in [0.4, 0.5) is 4.79 Å². The number of nitrogens with one attached hydrogen (secondary N) is 1. The number of amides is 1. The Balaban J connectivity index is 1.42. The van der Waals surface area contributed by atoms with Crippen molar-refractivity contribution < 1.29 is 19.4 Å². The summed E-state index contributed by atoms with van der Waals surface area (Å²) in [5.41, 5.74) is 5.52. The van der Waals surface area contributed by atoms with Crippen LogP contribution in [-0.2, 0) is 9.53 Å². The maximum Gasteiger partial charge on any atom is 0.410 e. The second-order valence-electron chi connectivity index (χ2n) is 7.23. The van der Waals surface area contributed by atoms with Gasteiger partial charge in [0.2, 0.25) is 0 Å². The Bertz CT molecular complexity index is 543. The molecule has 0 aromatic carbocycles. The first-order chi connectivity index (χ1) is 12.4. The minimum Gasteiger partial charge on any atom is -0.480 e. The fraction of sp³-hybridized carbons (Fsp3) is 0.812. The van der Waals surface area contributed by atoms with Crippen molar-refractivity contribution in [1.82, 2.24) is 19.6 Å². The van der Waals surface area contributed by atoms with Crippen LogP contribution in [-0.4, -0.2) is 114 Å². The molecule has 0 saturated carbocycles. The highest BCUT2D eigenvalue weighted by molar-refractivity contribution is 5.75. The lowest BCUT2D eigenvalue weighted by Gasteiger charge is -2.36. The number of likely N-dealkylation sites (tertiary alicyclic amines) is 1. The largest absolute Gasteiger partial charge is 0.480 e. The van der Waals surface area contributed by atoms with Gasteiger partial charge in [-0.25, -0.2) is 4.79 Å². The lowest BCUT2D eigenvalue weighted by Crippen LogP contribution is -2.50. The number of carbonyl (C=O) groups excluding carboxylic acids is 1. The van der Waals surface area contributed by atoms with E-state index in [2.05, 4.69) is 4.90 Å². The molecule has 0 radical (unpaired) electrons. The number of hydrogen-bond acceptors (Lipinski definition) is 6. The monoisotopic (exact) mass is 368 g/mol. The Morgan fingerprint density at radius 3 is 2.35 bits per heavy atom. The molecule has 1 unspecified atom stereocenters. The summed E-state index contributed by atoms with van der Waals surface area (Å²) in [5.74, 6) is -0.706. The maximum absolute atomic E-state index is 12.2. The van der Waals surface area contributed by atoms with Gasteiger partial charge in [0.05, 0.1) is 13.1 Å². The number of rotatable bonds is 5. The number of nitrogens with two attached hydrogens (primary N) is 1. The fourth-order valence-corrected chi connectivity index (χ4v) is 3.96. The van der Waals surface area contributed by atoms with E-state index in [-0.39, 0.29) is 30.7 Å². The Labute approximate surface area is 152 Å². The van der Waals surface area contributed by atoms with E-state index in [4.69, 9.17) is 21.0 Å². The molecule has 3 aliphatic heterocycles. The van der Waals surface area contributed by atoms with Gasteiger partial charge in [-0.3, -0.25) is 20.0 Å². The van der Waals surface area contributed by atoms with Crippen molar-refractivity contribution in [3.63, 3.8) is 0 Å². The van der Waals surface area contributed by atoms with Gasteiger partial charge in [-0.15, -0.1) is 0 Å². The highest BCUT2D eigenvalue weighted by atomic mass is 16.6. The van der Waals surface area contributed by atoms with Crippen molar-refractivity contribution in [1.29, 1.82) is 5.41 Å². The number of nitrogens with zero attached hydrogens (tertiary/aromatic N) is 4. The van der Waals surface area contributed by atoms with Crippen LogP contribution < -0.4 is 5.73 Å². The molecular formula is C16H28N6O4. The first-order valence-electron chi connectivity index (χ1n) is 9.15. The van der Waals surface area contributed by atoms with Gasteiger partial charge in [-0.05, 0) is 12.8 Å². The summed E-state index contributed by atoms with van der Waals surface area (Å²) in [6.45, 7) is 5.78. The first kappa shape index (κ1) is 18.7. The number of carboxylic acid groups (broad SMARTS) is 1. The second-order valence-corrected chi connectivity index (χ2v) is 7.23. The van der Waals surface area contributed by atoms with Crippen LogP contribution in [0.1, 0.15) is 12.8 Å². The molecule has 1 atom stereocenters. The summed E-state index contributed by atoms with van der Waals surface area (Å²) in [7, 11) is 0. The molecule has 0 bridgehead atoms. The van der Waals surface area contributed by atoms with Gasteiger partial charge in [-0.2, -0.15) is 0 Å². The van der Waals surface area contributed by atoms with Crippen LogP contribution in [0, 0.1) is 5.41 Å². The molecule has 1 amide bonds. The Morgan fingerprint density at radius 1 is 1.15 bits per heavy atom. The van der Waals surface area contributed by atoms with Crippen LogP contribution in [0.25, 0.3) is 0 Å². The van der Waals surface area contributed by atoms with Crippen molar-refractivity contribution in [3.8, 4) is 0 Å². The Morgan fingerprint density at radius 2 is 1.77 bits per heavy atom. The molecule has 26 heavy (non-hydrogen) atoms. The van der Waals surface area contributed by atoms with Crippen molar-refractivity contribution >= 4 is 18.0 Å². The molecule has 0 spiro atoms. The van der Waals surface area contributed by atoms with Gasteiger partial charge in [0.15, 0.2) is 5.96 Å². The van der Waals surface area contributed by atoms with Gasteiger partial charge in [0, 0.05) is 51.9 Å². The van der Waals surface area contributed by atoms with E-state index in [9.17, 15) is 9.59 Å². The van der Waals surface area contributed by atoms with Crippen LogP contribution >= 0.6 is 0 Å². The Hall–Kier alpha value is -2.07. The summed E-state index contributed by atoms with van der Waals surface area (Å²) in [6, 6.07) is 0.149. The minimum atomic E-state index is -0.797. The van der Waals surface area contributed by atoms with Gasteiger partial charge in [0.1, 0.15) is 6.10 Å². The fourth-order valence-electron chi connectivity index (χ4n) is 3.96. The van der Waals surface area contributed by atoms with E-state index in [0.29, 0.717) is 26.2 Å². The molecule has 4 N–H and O–H groups in total. The number of piperazine rings is 1. The summed E-state index contributed by atoms with van der Waals surface area (Å²) in [6.07, 6.45) is 1.21. The second kappa shape index (κ2) is 8.09. The maximum atomic E-state index is 12.2. The highest BCUT2D eigenvalue weighted by Gasteiger charge is 2.38. The van der Waals surface area contributed by atoms with E-state index >= 15 is 0 Å². The zero-order chi connectivity index (χ0) is 18.7. The lowest BCUT2D eigenvalue weighted by atomic mass is 10.0. The van der Waals surface area contributed by atoms with Crippen LogP contribution in [0.3, 0.4) is 0 Å². The molecule has 3 fully saturated rings. The number of piperidine rings is 1. The van der Waals surface area contributed by atoms with Crippen molar-refractivity contribution in [2.75, 3.05) is 58.9 Å². The zero-order valence-corrected chi connectivity index (χ0v) is 15.0.